The molecule has 2 aromatic heterocycles. The van der Waals surface area contributed by atoms with Gasteiger partial charge in [0.2, 0.25) is 10.0 Å². The van der Waals surface area contributed by atoms with Gasteiger partial charge in [-0.3, -0.25) is 4.79 Å². The molecule has 1 atom stereocenters. The number of halogens is 5. The Morgan fingerprint density at radius 2 is 1.66 bits per heavy atom. The predicted octanol–water partition coefficient (Wildman–Crippen LogP) is 5.54. The maximum absolute atomic E-state index is 14.0. The molecule has 234 valence electrons. The number of benzene rings is 2. The van der Waals surface area contributed by atoms with Gasteiger partial charge in [-0.05, 0) is 36.8 Å². The van der Waals surface area contributed by atoms with E-state index in [0.29, 0.717) is 39.0 Å². The highest BCUT2D eigenvalue weighted by atomic mass is 32.2. The summed E-state index contributed by atoms with van der Waals surface area (Å²) in [5, 5.41) is 0.469. The Kier molecular flexibility index (Phi) is 8.61. The van der Waals surface area contributed by atoms with E-state index in [1.54, 1.807) is 18.0 Å². The summed E-state index contributed by atoms with van der Waals surface area (Å²) >= 11 is 1.25. The standard InChI is InChI=1S/C28H26F5N5O4S2/c1-3-27(29,30)19-6-4-18(5-7-19)16-42-25(39)22-15-37(26-36-24-23(43-26)14-34-17(2)35-24)12-13-38(22)44(40,41)21-10-8-20(9-11-21)28(31,32)33/h4-11,14,22H,3,12-13,15-16H2,1-2H3/t22-/m1/s1. The van der Waals surface area contributed by atoms with E-state index < -0.39 is 44.6 Å². The molecule has 4 aromatic rings. The quantitative estimate of drug-likeness (QED) is 0.180. The third-order valence-electron chi connectivity index (χ3n) is 7.12. The number of anilines is 1. The zero-order valence-electron chi connectivity index (χ0n) is 23.4. The van der Waals surface area contributed by atoms with Crippen LogP contribution in [0.15, 0.2) is 59.6 Å². The number of carbonyl (C=O) groups excluding carboxylic acids is 1. The van der Waals surface area contributed by atoms with Crippen molar-refractivity contribution < 1.29 is 39.9 Å². The second-order valence-corrected chi connectivity index (χ2v) is 13.0. The molecule has 0 N–H and O–H groups in total. The number of aromatic nitrogens is 3. The molecule has 1 aliphatic rings. The minimum absolute atomic E-state index is 0.114. The van der Waals surface area contributed by atoms with Gasteiger partial charge in [0.05, 0.1) is 21.4 Å². The molecule has 16 heteroatoms. The van der Waals surface area contributed by atoms with Crippen LogP contribution < -0.4 is 4.90 Å². The first-order valence-electron chi connectivity index (χ1n) is 13.4. The lowest BCUT2D eigenvalue weighted by atomic mass is 10.0. The molecule has 1 saturated heterocycles. The van der Waals surface area contributed by atoms with Crippen molar-refractivity contribution in [3.8, 4) is 0 Å². The normalized spacial score (nSPS) is 16.8. The summed E-state index contributed by atoms with van der Waals surface area (Å²) in [5.41, 5.74) is -0.371. The number of hydrogen-bond acceptors (Lipinski definition) is 9. The number of ether oxygens (including phenoxy) is 1. The first kappa shape index (κ1) is 31.7. The van der Waals surface area contributed by atoms with Crippen molar-refractivity contribution in [3.63, 3.8) is 0 Å². The van der Waals surface area contributed by atoms with Gasteiger partial charge in [0.1, 0.15) is 18.5 Å². The fraction of sp³-hybridized carbons (Fsp3) is 0.357. The number of aryl methyl sites for hydroxylation is 1. The lowest BCUT2D eigenvalue weighted by molar-refractivity contribution is -0.149. The summed E-state index contributed by atoms with van der Waals surface area (Å²) in [7, 11) is -4.45. The number of fused-ring (bicyclic) bond motifs is 1. The van der Waals surface area contributed by atoms with Gasteiger partial charge in [-0.15, -0.1) is 0 Å². The zero-order valence-corrected chi connectivity index (χ0v) is 25.0. The second-order valence-electron chi connectivity index (χ2n) is 10.1. The van der Waals surface area contributed by atoms with Crippen molar-refractivity contribution in [1.82, 2.24) is 19.3 Å². The number of hydrogen-bond donors (Lipinski definition) is 0. The number of carbonyl (C=O) groups is 1. The highest BCUT2D eigenvalue weighted by Crippen LogP contribution is 2.34. The molecule has 0 radical (unpaired) electrons. The molecule has 2 aromatic carbocycles. The van der Waals surface area contributed by atoms with Crippen LogP contribution in [-0.4, -0.2) is 59.3 Å². The van der Waals surface area contributed by atoms with Crippen molar-refractivity contribution in [1.29, 1.82) is 0 Å². The van der Waals surface area contributed by atoms with E-state index in [9.17, 15) is 35.2 Å². The number of esters is 1. The minimum Gasteiger partial charge on any atom is -0.460 e. The molecule has 0 saturated carbocycles. The zero-order chi connectivity index (χ0) is 31.9. The molecular weight excluding hydrogens is 629 g/mol. The molecule has 44 heavy (non-hydrogen) atoms. The molecule has 5 rings (SSSR count). The number of thiazole rings is 1. The summed E-state index contributed by atoms with van der Waals surface area (Å²) < 4.78 is 102. The molecule has 0 aliphatic carbocycles. The van der Waals surface area contributed by atoms with Crippen LogP contribution in [0.25, 0.3) is 10.3 Å². The van der Waals surface area contributed by atoms with Crippen LogP contribution in [0.4, 0.5) is 27.1 Å². The van der Waals surface area contributed by atoms with Crippen molar-refractivity contribution in [2.75, 3.05) is 24.5 Å². The molecule has 9 nitrogen and oxygen atoms in total. The number of rotatable bonds is 8. The molecular formula is C28H26F5N5O4S2. The molecule has 1 aliphatic heterocycles. The average Bonchev–Trinajstić information content (AvgIpc) is 3.42. The van der Waals surface area contributed by atoms with Crippen molar-refractivity contribution in [2.45, 2.75) is 49.9 Å². The number of nitrogens with zero attached hydrogens (tertiary/aromatic N) is 5. The summed E-state index contributed by atoms with van der Waals surface area (Å²) in [4.78, 5) is 27.7. The maximum Gasteiger partial charge on any atom is 0.416 e. The first-order chi connectivity index (χ1) is 20.7. The van der Waals surface area contributed by atoms with Gasteiger partial charge in [-0.25, -0.2) is 27.2 Å². The Balaban J connectivity index is 1.41. The number of sulfonamides is 1. The fourth-order valence-corrected chi connectivity index (χ4v) is 7.09. The molecule has 0 amide bonds. The Labute approximate surface area is 253 Å². The van der Waals surface area contributed by atoms with Crippen LogP contribution in [0.1, 0.15) is 35.9 Å². The third kappa shape index (κ3) is 6.51. The average molecular weight is 656 g/mol. The van der Waals surface area contributed by atoms with Crippen LogP contribution in [0.2, 0.25) is 0 Å². The van der Waals surface area contributed by atoms with Gasteiger partial charge >= 0.3 is 12.1 Å². The van der Waals surface area contributed by atoms with Gasteiger partial charge in [-0.1, -0.05) is 42.5 Å². The van der Waals surface area contributed by atoms with E-state index >= 15 is 0 Å². The lowest BCUT2D eigenvalue weighted by Gasteiger charge is -2.39. The summed E-state index contributed by atoms with van der Waals surface area (Å²) in [5.74, 6) is -3.43. The minimum atomic E-state index is -4.66. The highest BCUT2D eigenvalue weighted by Gasteiger charge is 2.42. The van der Waals surface area contributed by atoms with Crippen LogP contribution in [0.3, 0.4) is 0 Å². The van der Waals surface area contributed by atoms with E-state index in [4.69, 9.17) is 4.74 Å². The van der Waals surface area contributed by atoms with E-state index in [0.717, 1.165) is 16.4 Å². The maximum atomic E-state index is 14.0. The Bertz CT molecular complexity index is 1760. The van der Waals surface area contributed by atoms with Gasteiger partial charge < -0.3 is 9.64 Å². The van der Waals surface area contributed by atoms with E-state index in [1.165, 1.54) is 42.5 Å². The number of alkyl halides is 5. The summed E-state index contributed by atoms with van der Waals surface area (Å²) in [6, 6.07) is 6.84. The SMILES string of the molecule is CCC(F)(F)c1ccc(COC(=O)[C@H]2CN(c3nc4nc(C)ncc4s3)CCN2S(=O)(=O)c2ccc(C(F)(F)F)cc2)cc1. The topological polar surface area (TPSA) is 106 Å². The van der Waals surface area contributed by atoms with E-state index in [1.807, 2.05) is 0 Å². The Morgan fingerprint density at radius 3 is 2.30 bits per heavy atom. The Hall–Kier alpha value is -3.76. The van der Waals surface area contributed by atoms with Crippen molar-refractivity contribution in [3.05, 3.63) is 77.2 Å². The van der Waals surface area contributed by atoms with Gasteiger partial charge in [0.15, 0.2) is 10.8 Å². The smallest absolute Gasteiger partial charge is 0.416 e. The molecule has 3 heterocycles. The molecule has 0 spiro atoms. The summed E-state index contributed by atoms with van der Waals surface area (Å²) in [6.07, 6.45) is -3.44. The van der Waals surface area contributed by atoms with Crippen molar-refractivity contribution >= 4 is 42.8 Å². The third-order valence-corrected chi connectivity index (χ3v) is 10.1. The summed E-state index contributed by atoms with van der Waals surface area (Å²) in [6.45, 7) is 2.48. The van der Waals surface area contributed by atoms with E-state index in [-0.39, 0.29) is 38.2 Å². The highest BCUT2D eigenvalue weighted by molar-refractivity contribution is 7.89. The monoisotopic (exact) mass is 655 g/mol. The van der Waals surface area contributed by atoms with Gasteiger partial charge in [-0.2, -0.15) is 22.5 Å². The lowest BCUT2D eigenvalue weighted by Crippen LogP contribution is -2.58. The van der Waals surface area contributed by atoms with Crippen LogP contribution in [-0.2, 0) is 38.3 Å². The largest absolute Gasteiger partial charge is 0.460 e. The van der Waals surface area contributed by atoms with Crippen LogP contribution >= 0.6 is 11.3 Å². The first-order valence-corrected chi connectivity index (χ1v) is 15.6. The molecule has 1 fully saturated rings. The second kappa shape index (κ2) is 12.0. The molecule has 0 bridgehead atoms. The van der Waals surface area contributed by atoms with Crippen LogP contribution in [0.5, 0.6) is 0 Å². The van der Waals surface area contributed by atoms with Crippen molar-refractivity contribution in [2.24, 2.45) is 0 Å². The van der Waals surface area contributed by atoms with Gasteiger partial charge in [0, 0.05) is 31.6 Å². The predicted molar refractivity (Wildman–Crippen MR) is 152 cm³/mol. The van der Waals surface area contributed by atoms with Gasteiger partial charge in [0.25, 0.3) is 5.92 Å². The number of piperazine rings is 1. The van der Waals surface area contributed by atoms with E-state index in [2.05, 4.69) is 15.0 Å². The fourth-order valence-electron chi connectivity index (χ4n) is 4.62. The van der Waals surface area contributed by atoms with Crippen LogP contribution in [0, 0.1) is 6.92 Å². The molecule has 0 unspecified atom stereocenters. The Morgan fingerprint density at radius 1 is 1.00 bits per heavy atom.